The first kappa shape index (κ1) is 12.8. The number of sulfonamides is 1. The summed E-state index contributed by atoms with van der Waals surface area (Å²) in [4.78, 5) is 6.07. The molecular formula is C7H10F3N3O2S. The van der Waals surface area contributed by atoms with E-state index in [1.165, 1.54) is 12.4 Å². The van der Waals surface area contributed by atoms with Crippen molar-refractivity contribution < 1.29 is 21.6 Å². The molecule has 1 rings (SSSR count). The number of alkyl halides is 3. The number of halogens is 3. The Morgan fingerprint density at radius 3 is 2.62 bits per heavy atom. The second kappa shape index (κ2) is 4.73. The third kappa shape index (κ3) is 5.01. The molecule has 16 heavy (non-hydrogen) atoms. The number of hydrogen-bond donors (Lipinski definition) is 2. The molecule has 0 fully saturated rings. The molecule has 0 aromatic carbocycles. The van der Waals surface area contributed by atoms with Crippen molar-refractivity contribution in [3.63, 3.8) is 0 Å². The van der Waals surface area contributed by atoms with E-state index in [9.17, 15) is 21.6 Å². The van der Waals surface area contributed by atoms with Gasteiger partial charge >= 0.3 is 6.18 Å². The van der Waals surface area contributed by atoms with Crippen molar-refractivity contribution in [3.8, 4) is 0 Å². The normalized spacial score (nSPS) is 12.7. The van der Waals surface area contributed by atoms with E-state index < -0.39 is 34.8 Å². The molecule has 5 nitrogen and oxygen atoms in total. The molecule has 0 bridgehead atoms. The van der Waals surface area contributed by atoms with Crippen LogP contribution in [0.15, 0.2) is 12.4 Å². The molecule has 0 aliphatic carbocycles. The van der Waals surface area contributed by atoms with E-state index >= 15 is 0 Å². The van der Waals surface area contributed by atoms with E-state index in [4.69, 9.17) is 0 Å². The summed E-state index contributed by atoms with van der Waals surface area (Å²) in [7, 11) is -3.77. The molecular weight excluding hydrogens is 247 g/mol. The van der Waals surface area contributed by atoms with Crippen molar-refractivity contribution in [2.75, 3.05) is 10.5 Å². The molecule has 1 aromatic rings. The van der Waals surface area contributed by atoms with Gasteiger partial charge in [0.25, 0.3) is 0 Å². The predicted octanol–water partition coefficient (Wildman–Crippen LogP) is 1.49. The fraction of sp³-hybridized carbons (Fsp3) is 0.571. The van der Waals surface area contributed by atoms with E-state index in [1.807, 2.05) is 4.72 Å². The van der Waals surface area contributed by atoms with Gasteiger partial charge in [0.1, 0.15) is 0 Å². The minimum Gasteiger partial charge on any atom is -0.330 e. The van der Waals surface area contributed by atoms with Crippen LogP contribution in [0.3, 0.4) is 0 Å². The van der Waals surface area contributed by atoms with E-state index in [2.05, 4.69) is 9.97 Å². The van der Waals surface area contributed by atoms with Crippen LogP contribution in [0.25, 0.3) is 0 Å². The quantitative estimate of drug-likeness (QED) is 0.839. The van der Waals surface area contributed by atoms with Crippen LogP contribution in [0, 0.1) is 0 Å². The van der Waals surface area contributed by atoms with Crippen LogP contribution in [0.1, 0.15) is 12.8 Å². The number of rotatable bonds is 5. The smallest absolute Gasteiger partial charge is 0.330 e. The van der Waals surface area contributed by atoms with Crippen LogP contribution in [-0.2, 0) is 10.0 Å². The zero-order valence-electron chi connectivity index (χ0n) is 8.08. The molecule has 1 heterocycles. The SMILES string of the molecule is O=S(=O)(CCCC(F)(F)F)Nc1ncc[nH]1. The van der Waals surface area contributed by atoms with Gasteiger partial charge in [0.15, 0.2) is 0 Å². The number of hydrogen-bond acceptors (Lipinski definition) is 3. The summed E-state index contributed by atoms with van der Waals surface area (Å²) in [6, 6.07) is 0. The molecule has 0 aliphatic heterocycles. The van der Waals surface area contributed by atoms with Crippen LogP contribution in [-0.4, -0.2) is 30.3 Å². The van der Waals surface area contributed by atoms with E-state index in [0.717, 1.165) is 0 Å². The summed E-state index contributed by atoms with van der Waals surface area (Å²) in [6.45, 7) is 0. The maximum absolute atomic E-state index is 11.8. The first-order valence-corrected chi connectivity index (χ1v) is 6.00. The lowest BCUT2D eigenvalue weighted by molar-refractivity contribution is -0.134. The Hall–Kier alpha value is -1.25. The van der Waals surface area contributed by atoms with Gasteiger partial charge in [-0.05, 0) is 6.42 Å². The fourth-order valence-electron chi connectivity index (χ4n) is 0.982. The highest BCUT2D eigenvalue weighted by molar-refractivity contribution is 7.92. The lowest BCUT2D eigenvalue weighted by atomic mass is 10.3. The molecule has 0 atom stereocenters. The molecule has 0 saturated heterocycles. The zero-order chi connectivity index (χ0) is 12.2. The average molecular weight is 257 g/mol. The van der Waals surface area contributed by atoms with Crippen molar-refractivity contribution in [1.82, 2.24) is 9.97 Å². The van der Waals surface area contributed by atoms with Gasteiger partial charge in [-0.25, -0.2) is 13.4 Å². The predicted molar refractivity (Wildman–Crippen MR) is 51.3 cm³/mol. The van der Waals surface area contributed by atoms with E-state index in [1.54, 1.807) is 0 Å². The first-order valence-electron chi connectivity index (χ1n) is 4.35. The second-order valence-corrected chi connectivity index (χ2v) is 4.92. The Kier molecular flexibility index (Phi) is 3.79. The first-order chi connectivity index (χ1) is 7.29. The Bertz CT molecular complexity index is 413. The number of aromatic nitrogens is 2. The lowest BCUT2D eigenvalue weighted by Crippen LogP contribution is -2.19. The van der Waals surface area contributed by atoms with Crippen molar-refractivity contribution in [3.05, 3.63) is 12.4 Å². The minimum atomic E-state index is -4.33. The van der Waals surface area contributed by atoms with Crippen LogP contribution in [0.2, 0.25) is 0 Å². The summed E-state index contributed by atoms with van der Waals surface area (Å²) in [6.07, 6.45) is -3.20. The third-order valence-corrected chi connectivity index (χ3v) is 2.95. The van der Waals surface area contributed by atoms with E-state index in [-0.39, 0.29) is 5.95 Å². The molecule has 1 aromatic heterocycles. The largest absolute Gasteiger partial charge is 0.389 e. The molecule has 0 spiro atoms. The molecule has 0 saturated carbocycles. The topological polar surface area (TPSA) is 74.8 Å². The second-order valence-electron chi connectivity index (χ2n) is 3.08. The van der Waals surface area contributed by atoms with Gasteiger partial charge in [-0.2, -0.15) is 13.2 Å². The summed E-state index contributed by atoms with van der Waals surface area (Å²) in [5.41, 5.74) is 0. The van der Waals surface area contributed by atoms with Gasteiger partial charge in [-0.1, -0.05) is 0 Å². The van der Waals surface area contributed by atoms with Crippen LogP contribution >= 0.6 is 0 Å². The summed E-state index contributed by atoms with van der Waals surface area (Å²) in [5.74, 6) is -0.597. The highest BCUT2D eigenvalue weighted by atomic mass is 32.2. The van der Waals surface area contributed by atoms with Gasteiger partial charge in [0.05, 0.1) is 5.75 Å². The van der Waals surface area contributed by atoms with Gasteiger partial charge in [0, 0.05) is 18.8 Å². The number of nitrogens with zero attached hydrogens (tertiary/aromatic N) is 1. The molecule has 0 unspecified atom stereocenters. The summed E-state index contributed by atoms with van der Waals surface area (Å²) in [5, 5.41) is 0. The standard InChI is InChI=1S/C7H10F3N3O2S/c8-7(9,10)2-1-5-16(14,15)13-6-11-3-4-12-6/h3-4H,1-2,5H2,(H2,11,12,13). The molecule has 2 N–H and O–H groups in total. The van der Waals surface area contributed by atoms with Crippen molar-refractivity contribution in [2.45, 2.75) is 19.0 Å². The van der Waals surface area contributed by atoms with E-state index in [0.29, 0.717) is 0 Å². The summed E-state index contributed by atoms with van der Waals surface area (Å²) >= 11 is 0. The number of nitrogens with one attached hydrogen (secondary N) is 2. The van der Waals surface area contributed by atoms with Gasteiger partial charge < -0.3 is 4.98 Å². The minimum absolute atomic E-state index is 0.00740. The molecule has 0 aliphatic rings. The van der Waals surface area contributed by atoms with Crippen LogP contribution in [0.4, 0.5) is 19.1 Å². The van der Waals surface area contributed by atoms with Gasteiger partial charge in [-0.3, -0.25) is 4.72 Å². The molecule has 9 heteroatoms. The highest BCUT2D eigenvalue weighted by Crippen LogP contribution is 2.21. The number of anilines is 1. The molecule has 0 radical (unpaired) electrons. The average Bonchev–Trinajstić information content (AvgIpc) is 2.52. The summed E-state index contributed by atoms with van der Waals surface area (Å²) < 4.78 is 59.8. The molecule has 0 amide bonds. The van der Waals surface area contributed by atoms with Crippen molar-refractivity contribution >= 4 is 16.0 Å². The number of aromatic amines is 1. The Labute approximate surface area is 90.1 Å². The maximum Gasteiger partial charge on any atom is 0.389 e. The van der Waals surface area contributed by atoms with Gasteiger partial charge in [-0.15, -0.1) is 0 Å². The Morgan fingerprint density at radius 1 is 1.44 bits per heavy atom. The van der Waals surface area contributed by atoms with Gasteiger partial charge in [0.2, 0.25) is 16.0 Å². The number of imidazole rings is 1. The van der Waals surface area contributed by atoms with Crippen molar-refractivity contribution in [1.29, 1.82) is 0 Å². The van der Waals surface area contributed by atoms with Crippen LogP contribution in [0.5, 0.6) is 0 Å². The third-order valence-electron chi connectivity index (χ3n) is 1.62. The fourth-order valence-corrected chi connectivity index (χ4v) is 2.01. The monoisotopic (exact) mass is 257 g/mol. The van der Waals surface area contributed by atoms with Crippen LogP contribution < -0.4 is 4.72 Å². The Balaban J connectivity index is 2.41. The number of H-pyrrole nitrogens is 1. The van der Waals surface area contributed by atoms with Crippen molar-refractivity contribution in [2.24, 2.45) is 0 Å². The molecule has 92 valence electrons. The Morgan fingerprint density at radius 2 is 2.12 bits per heavy atom. The lowest BCUT2D eigenvalue weighted by Gasteiger charge is -2.07. The highest BCUT2D eigenvalue weighted by Gasteiger charge is 2.27. The zero-order valence-corrected chi connectivity index (χ0v) is 8.90. The maximum atomic E-state index is 11.8.